The summed E-state index contributed by atoms with van der Waals surface area (Å²) in [6.45, 7) is 2.02. The van der Waals surface area contributed by atoms with Crippen molar-refractivity contribution in [2.75, 3.05) is 5.32 Å². The Kier molecular flexibility index (Phi) is 4.06. The molecule has 126 valence electrons. The van der Waals surface area contributed by atoms with Crippen LogP contribution in [0.5, 0.6) is 0 Å². The lowest BCUT2D eigenvalue weighted by Crippen LogP contribution is -2.08. The van der Waals surface area contributed by atoms with Crippen LogP contribution in [0, 0.1) is 5.41 Å². The third kappa shape index (κ3) is 3.18. The lowest BCUT2D eigenvalue weighted by molar-refractivity contribution is 0.885. The molecular weight excluding hydrogens is 310 g/mol. The Morgan fingerprint density at radius 2 is 1.96 bits per heavy atom. The lowest BCUT2D eigenvalue weighted by Gasteiger charge is -2.15. The number of hydrogen-bond acceptors (Lipinski definition) is 4. The van der Waals surface area contributed by atoms with Crippen LogP contribution in [0.3, 0.4) is 0 Å². The summed E-state index contributed by atoms with van der Waals surface area (Å²) in [6, 6.07) is 12.7. The summed E-state index contributed by atoms with van der Waals surface area (Å²) in [4.78, 5) is 4.08. The van der Waals surface area contributed by atoms with Crippen molar-refractivity contribution in [2.24, 2.45) is 0 Å². The van der Waals surface area contributed by atoms with Gasteiger partial charge in [-0.15, -0.1) is 0 Å². The monoisotopic (exact) mass is 331 g/mol. The normalized spacial score (nSPS) is 13.6. The number of rotatable bonds is 6. The molecule has 1 saturated carbocycles. The highest BCUT2D eigenvalue weighted by Gasteiger charge is 2.23. The van der Waals surface area contributed by atoms with Crippen LogP contribution in [0.25, 0.3) is 16.9 Å². The molecule has 0 bridgehead atoms. The first-order chi connectivity index (χ1) is 12.3. The van der Waals surface area contributed by atoms with Gasteiger partial charge >= 0.3 is 0 Å². The van der Waals surface area contributed by atoms with Crippen LogP contribution >= 0.6 is 0 Å². The Morgan fingerprint density at radius 3 is 2.68 bits per heavy atom. The fraction of sp³-hybridized carbons (Fsp3) is 0.250. The molecule has 0 spiro atoms. The van der Waals surface area contributed by atoms with E-state index in [0.717, 1.165) is 34.6 Å². The van der Waals surface area contributed by atoms with Gasteiger partial charge in [-0.05, 0) is 43.5 Å². The Labute approximate surface area is 147 Å². The largest absolute Gasteiger partial charge is 0.382 e. The highest BCUT2D eigenvalue weighted by molar-refractivity contribution is 6.03. The summed E-state index contributed by atoms with van der Waals surface area (Å²) in [5.41, 5.74) is 5.81. The van der Waals surface area contributed by atoms with E-state index in [1.54, 1.807) is 12.4 Å². The number of nitrogens with zero attached hydrogens (tertiary/aromatic N) is 3. The van der Waals surface area contributed by atoms with Crippen LogP contribution in [0.4, 0.5) is 5.69 Å². The number of hydrogen-bond donors (Lipinski definition) is 2. The molecule has 25 heavy (non-hydrogen) atoms. The first-order valence-electron chi connectivity index (χ1n) is 8.69. The van der Waals surface area contributed by atoms with Gasteiger partial charge in [-0.1, -0.05) is 19.1 Å². The molecule has 2 heterocycles. The van der Waals surface area contributed by atoms with Gasteiger partial charge in [0.15, 0.2) is 0 Å². The van der Waals surface area contributed by atoms with Crippen molar-refractivity contribution in [3.8, 4) is 16.9 Å². The molecule has 4 rings (SSSR count). The number of benzene rings is 1. The molecule has 0 unspecified atom stereocenters. The molecule has 0 saturated heterocycles. The number of aromatic nitrogens is 3. The minimum atomic E-state index is 0.545. The molecule has 0 atom stereocenters. The molecule has 2 N–H and O–H groups in total. The van der Waals surface area contributed by atoms with Gasteiger partial charge in [0.2, 0.25) is 0 Å². The highest BCUT2D eigenvalue weighted by atomic mass is 15.3. The van der Waals surface area contributed by atoms with E-state index in [-0.39, 0.29) is 0 Å². The summed E-state index contributed by atoms with van der Waals surface area (Å²) in [6.07, 6.45) is 8.49. The quantitative estimate of drug-likeness (QED) is 0.662. The highest BCUT2D eigenvalue weighted by Crippen LogP contribution is 2.32. The third-order valence-corrected chi connectivity index (χ3v) is 4.48. The molecule has 5 heteroatoms. The first-order valence-corrected chi connectivity index (χ1v) is 8.69. The van der Waals surface area contributed by atoms with Crippen LogP contribution in [-0.2, 0) is 0 Å². The van der Waals surface area contributed by atoms with E-state index in [4.69, 9.17) is 5.41 Å². The Bertz CT molecular complexity index is 893. The predicted molar refractivity (Wildman–Crippen MR) is 101 cm³/mol. The number of pyridine rings is 1. The van der Waals surface area contributed by atoms with E-state index in [1.807, 2.05) is 36.0 Å². The maximum atomic E-state index is 8.24. The summed E-state index contributed by atoms with van der Waals surface area (Å²) in [5.74, 6) is 0. The van der Waals surface area contributed by atoms with E-state index < -0.39 is 0 Å². The van der Waals surface area contributed by atoms with E-state index in [2.05, 4.69) is 33.6 Å². The van der Waals surface area contributed by atoms with Crippen LogP contribution in [0.15, 0.2) is 55.0 Å². The second-order valence-corrected chi connectivity index (χ2v) is 6.34. The molecule has 5 nitrogen and oxygen atoms in total. The molecule has 3 aromatic rings. The topological polar surface area (TPSA) is 66.6 Å². The van der Waals surface area contributed by atoms with E-state index >= 15 is 0 Å². The minimum Gasteiger partial charge on any atom is -0.382 e. The number of nitrogens with one attached hydrogen (secondary N) is 2. The van der Waals surface area contributed by atoms with Crippen LogP contribution < -0.4 is 5.32 Å². The van der Waals surface area contributed by atoms with Gasteiger partial charge in [0.05, 0.1) is 17.6 Å². The third-order valence-electron chi connectivity index (χ3n) is 4.48. The first kappa shape index (κ1) is 15.6. The van der Waals surface area contributed by atoms with Crippen LogP contribution in [0.1, 0.15) is 31.7 Å². The second-order valence-electron chi connectivity index (χ2n) is 6.34. The molecule has 1 fully saturated rings. The summed E-state index contributed by atoms with van der Waals surface area (Å²) in [5, 5.41) is 16.3. The molecule has 2 aromatic heterocycles. The fourth-order valence-corrected chi connectivity index (χ4v) is 2.94. The molecule has 1 aliphatic rings. The van der Waals surface area contributed by atoms with Crippen molar-refractivity contribution >= 4 is 11.4 Å². The number of anilines is 1. The molecule has 0 amide bonds. The average molecular weight is 331 g/mol. The van der Waals surface area contributed by atoms with Crippen molar-refractivity contribution in [3.63, 3.8) is 0 Å². The summed E-state index contributed by atoms with van der Waals surface area (Å²) >= 11 is 0. The molecule has 0 aliphatic heterocycles. The van der Waals surface area contributed by atoms with Gasteiger partial charge in [-0.25, -0.2) is 4.68 Å². The zero-order chi connectivity index (χ0) is 17.2. The summed E-state index contributed by atoms with van der Waals surface area (Å²) < 4.78 is 1.92. The maximum absolute atomic E-state index is 8.24. The van der Waals surface area contributed by atoms with Gasteiger partial charge in [0.1, 0.15) is 0 Å². The van der Waals surface area contributed by atoms with E-state index in [9.17, 15) is 0 Å². The Hall–Kier alpha value is -2.95. The van der Waals surface area contributed by atoms with E-state index in [0.29, 0.717) is 11.8 Å². The van der Waals surface area contributed by atoms with E-state index in [1.165, 1.54) is 12.8 Å². The lowest BCUT2D eigenvalue weighted by atomic mass is 10.0. The SMILES string of the molecule is CCC(=N)c1ccc(-c2ccnn2-c2ccncc2)cc1NC1CC1. The minimum absolute atomic E-state index is 0.545. The average Bonchev–Trinajstić information content (AvgIpc) is 3.33. The standard InChI is InChI=1S/C20H21N5/c1-2-18(21)17-6-3-14(13-19(17)24-15-4-5-15)20-9-12-23-25(20)16-7-10-22-11-8-16/h3,6-13,15,21,24H,2,4-5H2,1H3. The zero-order valence-electron chi connectivity index (χ0n) is 14.2. The van der Waals surface area contributed by atoms with Gasteiger partial charge in [-0.3, -0.25) is 4.98 Å². The Morgan fingerprint density at radius 1 is 1.16 bits per heavy atom. The molecule has 1 aromatic carbocycles. The van der Waals surface area contributed by atoms with Gasteiger partial charge in [0, 0.05) is 41.0 Å². The molecule has 0 radical (unpaired) electrons. The van der Waals surface area contributed by atoms with Crippen LogP contribution in [0.2, 0.25) is 0 Å². The van der Waals surface area contributed by atoms with Crippen molar-refractivity contribution in [1.82, 2.24) is 14.8 Å². The van der Waals surface area contributed by atoms with Crippen molar-refractivity contribution in [1.29, 1.82) is 5.41 Å². The van der Waals surface area contributed by atoms with Crippen LogP contribution in [-0.4, -0.2) is 26.5 Å². The predicted octanol–water partition coefficient (Wildman–Crippen LogP) is 4.29. The smallest absolute Gasteiger partial charge is 0.0741 e. The molecular formula is C20H21N5. The van der Waals surface area contributed by atoms with Gasteiger partial charge in [-0.2, -0.15) is 5.10 Å². The van der Waals surface area contributed by atoms with Gasteiger partial charge < -0.3 is 10.7 Å². The zero-order valence-corrected chi connectivity index (χ0v) is 14.2. The van der Waals surface area contributed by atoms with Crippen molar-refractivity contribution in [3.05, 3.63) is 60.6 Å². The Balaban J connectivity index is 1.76. The second kappa shape index (κ2) is 6.51. The van der Waals surface area contributed by atoms with Crippen molar-refractivity contribution in [2.45, 2.75) is 32.2 Å². The van der Waals surface area contributed by atoms with Gasteiger partial charge in [0.25, 0.3) is 0 Å². The summed E-state index contributed by atoms with van der Waals surface area (Å²) in [7, 11) is 0. The maximum Gasteiger partial charge on any atom is 0.0741 e. The fourth-order valence-electron chi connectivity index (χ4n) is 2.94. The van der Waals surface area contributed by atoms with Crippen molar-refractivity contribution < 1.29 is 0 Å². The molecule has 1 aliphatic carbocycles.